The minimum absolute atomic E-state index is 0.690. The van der Waals surface area contributed by atoms with Crippen molar-refractivity contribution in [3.63, 3.8) is 0 Å². The minimum atomic E-state index is -5.97. The van der Waals surface area contributed by atoms with Gasteiger partial charge in [-0.15, -0.1) is 0 Å². The third-order valence-electron chi connectivity index (χ3n) is 1.18. The summed E-state index contributed by atoms with van der Waals surface area (Å²) in [6, 6.07) is 0. The molecule has 0 unspecified atom stereocenters. The number of rotatable bonds is 4. The summed E-state index contributed by atoms with van der Waals surface area (Å²) in [4.78, 5) is 10.4. The van der Waals surface area contributed by atoms with Crippen molar-refractivity contribution in [2.24, 2.45) is 0 Å². The van der Waals surface area contributed by atoms with E-state index in [9.17, 15) is 35.2 Å². The van der Waals surface area contributed by atoms with E-state index in [1.54, 1.807) is 0 Å². The lowest BCUT2D eigenvalue weighted by Gasteiger charge is -2.15. The molecule has 0 aliphatic rings. The van der Waals surface area contributed by atoms with E-state index in [-0.39, 0.29) is 0 Å². The smallest absolute Gasteiger partial charge is 0.353 e. The second-order valence-electron chi connectivity index (χ2n) is 2.43. The largest absolute Gasteiger partial charge is 0.446 e. The zero-order valence-electron chi connectivity index (χ0n) is 7.64. The Morgan fingerprint density at radius 3 is 2.00 bits per heavy atom. The molecule has 11 heteroatoms. The monoisotopic (exact) mass is 271 g/mol. The SMILES string of the molecule is CNC(=O)C(F)(F)S(=O)(=O)OCC(F)(F)F. The van der Waals surface area contributed by atoms with Gasteiger partial charge in [0.1, 0.15) is 0 Å². The van der Waals surface area contributed by atoms with Crippen molar-refractivity contribution in [2.45, 2.75) is 11.4 Å². The van der Waals surface area contributed by atoms with Crippen LogP contribution in [0.5, 0.6) is 0 Å². The molecule has 1 N–H and O–H groups in total. The summed E-state index contributed by atoms with van der Waals surface area (Å²) in [6.07, 6.45) is -5.11. The van der Waals surface area contributed by atoms with E-state index < -0.39 is 34.1 Å². The molecule has 0 heterocycles. The molecular weight excluding hydrogens is 265 g/mol. The van der Waals surface area contributed by atoms with Gasteiger partial charge in [0.2, 0.25) is 0 Å². The molecule has 1 amide bonds. The maximum absolute atomic E-state index is 12.7. The fourth-order valence-corrected chi connectivity index (χ4v) is 1.24. The van der Waals surface area contributed by atoms with Crippen LogP contribution in [0.3, 0.4) is 0 Å². The fourth-order valence-electron chi connectivity index (χ4n) is 0.477. The Bertz CT molecular complexity index is 362. The molecule has 5 nitrogen and oxygen atoms in total. The van der Waals surface area contributed by atoms with Crippen molar-refractivity contribution in [1.82, 2.24) is 5.32 Å². The Balaban J connectivity index is 4.87. The van der Waals surface area contributed by atoms with E-state index >= 15 is 0 Å². The Labute approximate surface area is 86.7 Å². The molecule has 16 heavy (non-hydrogen) atoms. The van der Waals surface area contributed by atoms with Crippen LogP contribution >= 0.6 is 0 Å². The molecular formula is C5H6F5NO4S. The van der Waals surface area contributed by atoms with Gasteiger partial charge in [-0.1, -0.05) is 0 Å². The number of halogens is 5. The lowest BCUT2D eigenvalue weighted by molar-refractivity contribution is -0.155. The summed E-state index contributed by atoms with van der Waals surface area (Å²) in [5.74, 6) is -2.28. The Morgan fingerprint density at radius 2 is 1.69 bits per heavy atom. The lowest BCUT2D eigenvalue weighted by atomic mass is 10.6. The van der Waals surface area contributed by atoms with Crippen molar-refractivity contribution in [3.05, 3.63) is 0 Å². The van der Waals surface area contributed by atoms with Crippen molar-refractivity contribution in [2.75, 3.05) is 13.7 Å². The summed E-state index contributed by atoms with van der Waals surface area (Å²) in [6.45, 7) is -2.43. The molecule has 0 spiro atoms. The quantitative estimate of drug-likeness (QED) is 0.587. The molecule has 0 saturated carbocycles. The number of alkyl halides is 5. The number of hydrogen-bond donors (Lipinski definition) is 1. The maximum atomic E-state index is 12.7. The molecule has 96 valence electrons. The van der Waals surface area contributed by atoms with Gasteiger partial charge in [-0.05, 0) is 0 Å². The van der Waals surface area contributed by atoms with Crippen LogP contribution in [-0.2, 0) is 19.1 Å². The maximum Gasteiger partial charge on any atom is 0.446 e. The predicted octanol–water partition coefficient (Wildman–Crippen LogP) is 0.234. The van der Waals surface area contributed by atoms with E-state index in [0.29, 0.717) is 7.05 Å². The Hall–Kier alpha value is -0.970. The first-order valence-corrected chi connectivity index (χ1v) is 4.90. The van der Waals surface area contributed by atoms with Gasteiger partial charge in [-0.3, -0.25) is 8.98 Å². The third kappa shape index (κ3) is 3.56. The van der Waals surface area contributed by atoms with Gasteiger partial charge in [0.05, 0.1) is 0 Å². The van der Waals surface area contributed by atoms with Gasteiger partial charge in [-0.2, -0.15) is 30.4 Å². The zero-order valence-corrected chi connectivity index (χ0v) is 8.45. The molecule has 0 aliphatic heterocycles. The predicted molar refractivity (Wildman–Crippen MR) is 39.9 cm³/mol. The summed E-state index contributed by atoms with van der Waals surface area (Å²) in [7, 11) is -5.28. The number of amides is 1. The van der Waals surface area contributed by atoms with E-state index in [1.165, 1.54) is 5.32 Å². The molecule has 0 saturated heterocycles. The van der Waals surface area contributed by atoms with Crippen molar-refractivity contribution >= 4 is 16.0 Å². The Kier molecular flexibility index (Phi) is 4.22. The molecule has 0 aromatic heterocycles. The highest BCUT2D eigenvalue weighted by molar-refractivity contribution is 7.88. The number of nitrogens with one attached hydrogen (secondary N) is 1. The average molecular weight is 271 g/mol. The highest BCUT2D eigenvalue weighted by atomic mass is 32.2. The third-order valence-corrected chi connectivity index (χ3v) is 2.42. The van der Waals surface area contributed by atoms with E-state index in [0.717, 1.165) is 0 Å². The normalized spacial score (nSPS) is 13.6. The van der Waals surface area contributed by atoms with Crippen LogP contribution in [0.1, 0.15) is 0 Å². The van der Waals surface area contributed by atoms with Gasteiger partial charge < -0.3 is 5.32 Å². The first kappa shape index (κ1) is 15.0. The van der Waals surface area contributed by atoms with Crippen molar-refractivity contribution in [1.29, 1.82) is 0 Å². The van der Waals surface area contributed by atoms with Gasteiger partial charge in [0, 0.05) is 7.05 Å². The van der Waals surface area contributed by atoms with Crippen LogP contribution in [0.15, 0.2) is 0 Å². The van der Waals surface area contributed by atoms with Crippen LogP contribution in [0.25, 0.3) is 0 Å². The fraction of sp³-hybridized carbons (Fsp3) is 0.800. The molecule has 0 rings (SSSR count). The topological polar surface area (TPSA) is 72.5 Å². The summed E-state index contributed by atoms with van der Waals surface area (Å²) >= 11 is 0. The van der Waals surface area contributed by atoms with Gasteiger partial charge in [-0.25, -0.2) is 0 Å². The summed E-state index contributed by atoms with van der Waals surface area (Å²) in [5, 5.41) is -3.80. The van der Waals surface area contributed by atoms with Crippen LogP contribution in [0, 0.1) is 0 Å². The Morgan fingerprint density at radius 1 is 1.25 bits per heavy atom. The van der Waals surface area contributed by atoms with Crippen LogP contribution in [-0.4, -0.2) is 39.4 Å². The van der Waals surface area contributed by atoms with E-state index in [2.05, 4.69) is 4.18 Å². The minimum Gasteiger partial charge on any atom is -0.353 e. The molecule has 0 aromatic carbocycles. The zero-order chi connectivity index (χ0) is 13.2. The molecule has 0 aliphatic carbocycles. The molecule has 0 fully saturated rings. The number of hydrogen-bond acceptors (Lipinski definition) is 4. The summed E-state index contributed by atoms with van der Waals surface area (Å²) in [5.41, 5.74) is 0. The van der Waals surface area contributed by atoms with Crippen LogP contribution < -0.4 is 5.32 Å². The van der Waals surface area contributed by atoms with E-state index in [1.807, 2.05) is 0 Å². The number of carbonyl (C=O) groups is 1. The van der Waals surface area contributed by atoms with E-state index in [4.69, 9.17) is 0 Å². The second kappa shape index (κ2) is 4.49. The average Bonchev–Trinajstić information content (AvgIpc) is 2.12. The molecule has 0 atom stereocenters. The first-order chi connectivity index (χ1) is 6.94. The van der Waals surface area contributed by atoms with Crippen LogP contribution in [0.2, 0.25) is 0 Å². The van der Waals surface area contributed by atoms with Crippen molar-refractivity contribution in [3.8, 4) is 0 Å². The summed E-state index contributed by atoms with van der Waals surface area (Å²) < 4.78 is 84.1. The van der Waals surface area contributed by atoms with Gasteiger partial charge in [0.25, 0.3) is 0 Å². The molecule has 0 bridgehead atoms. The highest BCUT2D eigenvalue weighted by Crippen LogP contribution is 2.26. The second-order valence-corrected chi connectivity index (χ2v) is 4.08. The standard InChI is InChI=1S/C5H6F5NO4S/c1-11-3(12)5(9,10)16(13,14)15-2-4(6,7)8/h2H2,1H3,(H,11,12). The first-order valence-electron chi connectivity index (χ1n) is 3.50. The van der Waals surface area contributed by atoms with Gasteiger partial charge in [0.15, 0.2) is 6.61 Å². The lowest BCUT2D eigenvalue weighted by Crippen LogP contribution is -2.46. The van der Waals surface area contributed by atoms with Gasteiger partial charge >= 0.3 is 27.5 Å². The number of carbonyl (C=O) groups excluding carboxylic acids is 1. The van der Waals surface area contributed by atoms with Crippen LogP contribution in [0.4, 0.5) is 22.0 Å². The van der Waals surface area contributed by atoms with Crippen molar-refractivity contribution < 1.29 is 39.3 Å². The molecule has 0 aromatic rings. The molecule has 0 radical (unpaired) electrons. The highest BCUT2D eigenvalue weighted by Gasteiger charge is 2.54.